The first-order valence-corrected chi connectivity index (χ1v) is 7.60. The molecule has 0 atom stereocenters. The van der Waals surface area contributed by atoms with Gasteiger partial charge in [-0.25, -0.2) is 12.8 Å². The summed E-state index contributed by atoms with van der Waals surface area (Å²) in [7, 11) is 1.66. The Labute approximate surface area is 104 Å². The lowest BCUT2D eigenvalue weighted by atomic mass is 10.1. The number of hydrogen-bond donors (Lipinski definition) is 0. The Morgan fingerprint density at radius 1 is 1.25 bits per heavy atom. The molecule has 0 unspecified atom stereocenters. The standard InChI is InChI=1S/C10H11Cl2FO2S/c11-9-7-8(4-5-10(9)13)3-1-2-6-16(12,14)15/h4-5,7H,1-3,6H2. The molecule has 0 saturated carbocycles. The number of aryl methyl sites for hydroxylation is 1. The van der Waals surface area contributed by atoms with Crippen molar-refractivity contribution >= 4 is 31.3 Å². The van der Waals surface area contributed by atoms with Gasteiger partial charge in [-0.15, -0.1) is 0 Å². The smallest absolute Gasteiger partial charge is 0.212 e. The summed E-state index contributed by atoms with van der Waals surface area (Å²) in [5.74, 6) is -0.488. The van der Waals surface area contributed by atoms with Crippen molar-refractivity contribution in [1.29, 1.82) is 0 Å². The van der Waals surface area contributed by atoms with Gasteiger partial charge in [0, 0.05) is 10.7 Å². The lowest BCUT2D eigenvalue weighted by molar-refractivity contribution is 0.605. The summed E-state index contributed by atoms with van der Waals surface area (Å²) in [5.41, 5.74) is 0.887. The lowest BCUT2D eigenvalue weighted by Crippen LogP contribution is -1.98. The molecule has 2 nitrogen and oxygen atoms in total. The molecule has 0 amide bonds. The molecule has 0 spiro atoms. The molecule has 0 radical (unpaired) electrons. The monoisotopic (exact) mass is 284 g/mol. The van der Waals surface area contributed by atoms with Crippen LogP contribution in [0.25, 0.3) is 0 Å². The molecular formula is C10H11Cl2FO2S. The minimum atomic E-state index is -3.41. The maximum Gasteiger partial charge on any atom is 0.232 e. The van der Waals surface area contributed by atoms with E-state index in [-0.39, 0.29) is 10.8 Å². The molecule has 0 saturated heterocycles. The van der Waals surface area contributed by atoms with Crippen LogP contribution in [0, 0.1) is 5.82 Å². The maximum atomic E-state index is 12.8. The number of rotatable bonds is 5. The molecule has 90 valence electrons. The molecule has 0 N–H and O–H groups in total. The molecule has 0 heterocycles. The van der Waals surface area contributed by atoms with E-state index in [0.29, 0.717) is 19.3 Å². The number of benzene rings is 1. The molecule has 0 bridgehead atoms. The van der Waals surface area contributed by atoms with Crippen molar-refractivity contribution in [3.8, 4) is 0 Å². The zero-order chi connectivity index (χ0) is 12.2. The van der Waals surface area contributed by atoms with E-state index in [9.17, 15) is 12.8 Å². The van der Waals surface area contributed by atoms with Crippen molar-refractivity contribution in [2.24, 2.45) is 0 Å². The highest BCUT2D eigenvalue weighted by atomic mass is 35.7. The SMILES string of the molecule is O=S(=O)(Cl)CCCCc1ccc(F)c(Cl)c1. The average Bonchev–Trinajstić information content (AvgIpc) is 2.17. The van der Waals surface area contributed by atoms with Crippen LogP contribution in [0.4, 0.5) is 4.39 Å². The van der Waals surface area contributed by atoms with Gasteiger partial charge in [-0.1, -0.05) is 17.7 Å². The van der Waals surface area contributed by atoms with Gasteiger partial charge in [0.05, 0.1) is 10.8 Å². The predicted molar refractivity (Wildman–Crippen MR) is 64.0 cm³/mol. The first-order chi connectivity index (χ1) is 7.38. The fraction of sp³-hybridized carbons (Fsp3) is 0.400. The Morgan fingerprint density at radius 2 is 1.94 bits per heavy atom. The van der Waals surface area contributed by atoms with Crippen LogP contribution >= 0.6 is 22.3 Å². The van der Waals surface area contributed by atoms with E-state index in [0.717, 1.165) is 5.56 Å². The van der Waals surface area contributed by atoms with Crippen LogP contribution in [-0.4, -0.2) is 14.2 Å². The van der Waals surface area contributed by atoms with Crippen LogP contribution in [0.3, 0.4) is 0 Å². The number of hydrogen-bond acceptors (Lipinski definition) is 2. The fourth-order valence-corrected chi connectivity index (χ4v) is 2.38. The quantitative estimate of drug-likeness (QED) is 0.614. The Morgan fingerprint density at radius 3 is 2.50 bits per heavy atom. The molecule has 1 aromatic carbocycles. The Balaban J connectivity index is 2.41. The molecule has 0 fully saturated rings. The molecule has 1 aromatic rings. The minimum Gasteiger partial charge on any atom is -0.212 e. The van der Waals surface area contributed by atoms with Gasteiger partial charge >= 0.3 is 0 Å². The average molecular weight is 285 g/mol. The molecule has 0 aromatic heterocycles. The van der Waals surface area contributed by atoms with Gasteiger partial charge in [0.2, 0.25) is 9.05 Å². The summed E-state index contributed by atoms with van der Waals surface area (Å²) in [5, 5.41) is 0.0856. The van der Waals surface area contributed by atoms with E-state index >= 15 is 0 Å². The topological polar surface area (TPSA) is 34.1 Å². The molecule has 0 aliphatic rings. The second-order valence-electron chi connectivity index (χ2n) is 3.45. The van der Waals surface area contributed by atoms with Crippen LogP contribution in [0.5, 0.6) is 0 Å². The third-order valence-electron chi connectivity index (χ3n) is 2.09. The van der Waals surface area contributed by atoms with Gasteiger partial charge < -0.3 is 0 Å². The summed E-state index contributed by atoms with van der Waals surface area (Å²) in [6.07, 6.45) is 1.82. The van der Waals surface area contributed by atoms with Gasteiger partial charge in [0.1, 0.15) is 5.82 Å². The largest absolute Gasteiger partial charge is 0.232 e. The normalized spacial score (nSPS) is 11.7. The first-order valence-electron chi connectivity index (χ1n) is 4.75. The Kier molecular flexibility index (Phi) is 5.02. The summed E-state index contributed by atoms with van der Waals surface area (Å²) in [6.45, 7) is 0. The van der Waals surface area contributed by atoms with Gasteiger partial charge in [0.25, 0.3) is 0 Å². The van der Waals surface area contributed by atoms with Crippen molar-refractivity contribution in [1.82, 2.24) is 0 Å². The summed E-state index contributed by atoms with van der Waals surface area (Å²) < 4.78 is 34.1. The lowest BCUT2D eigenvalue weighted by Gasteiger charge is -2.02. The van der Waals surface area contributed by atoms with Crippen molar-refractivity contribution in [3.63, 3.8) is 0 Å². The van der Waals surface area contributed by atoms with Crippen LogP contribution in [-0.2, 0) is 15.5 Å². The molecule has 0 aliphatic heterocycles. The van der Waals surface area contributed by atoms with Crippen molar-refractivity contribution in [3.05, 3.63) is 34.6 Å². The molecule has 0 aliphatic carbocycles. The van der Waals surface area contributed by atoms with Crippen molar-refractivity contribution in [2.75, 3.05) is 5.75 Å². The second kappa shape index (κ2) is 5.84. The Bertz CT molecular complexity index is 460. The van der Waals surface area contributed by atoms with E-state index in [1.165, 1.54) is 6.07 Å². The van der Waals surface area contributed by atoms with E-state index in [1.54, 1.807) is 12.1 Å². The molecule has 16 heavy (non-hydrogen) atoms. The zero-order valence-electron chi connectivity index (χ0n) is 8.42. The van der Waals surface area contributed by atoms with Crippen LogP contribution < -0.4 is 0 Å². The Hall–Kier alpha value is -0.320. The highest BCUT2D eigenvalue weighted by Crippen LogP contribution is 2.17. The van der Waals surface area contributed by atoms with E-state index < -0.39 is 14.9 Å². The molecule has 1 rings (SSSR count). The van der Waals surface area contributed by atoms with E-state index in [4.69, 9.17) is 22.3 Å². The summed E-state index contributed by atoms with van der Waals surface area (Å²) in [6, 6.07) is 4.48. The van der Waals surface area contributed by atoms with Gasteiger partial charge in [-0.2, -0.15) is 0 Å². The number of unbranched alkanes of at least 4 members (excludes halogenated alkanes) is 1. The molecule has 6 heteroatoms. The van der Waals surface area contributed by atoms with E-state index in [1.807, 2.05) is 0 Å². The maximum absolute atomic E-state index is 12.8. The van der Waals surface area contributed by atoms with Gasteiger partial charge in [-0.05, 0) is 37.0 Å². The van der Waals surface area contributed by atoms with Crippen molar-refractivity contribution in [2.45, 2.75) is 19.3 Å². The van der Waals surface area contributed by atoms with Gasteiger partial charge in [-0.3, -0.25) is 0 Å². The summed E-state index contributed by atoms with van der Waals surface area (Å²) >= 11 is 5.61. The molecular weight excluding hydrogens is 274 g/mol. The predicted octanol–water partition coefficient (Wildman–Crippen LogP) is 3.37. The zero-order valence-corrected chi connectivity index (χ0v) is 10.7. The first kappa shape index (κ1) is 13.7. The highest BCUT2D eigenvalue weighted by molar-refractivity contribution is 8.13. The van der Waals surface area contributed by atoms with Crippen molar-refractivity contribution < 1.29 is 12.8 Å². The summed E-state index contributed by atoms with van der Waals surface area (Å²) in [4.78, 5) is 0. The highest BCUT2D eigenvalue weighted by Gasteiger charge is 2.05. The number of halogens is 3. The van der Waals surface area contributed by atoms with Crippen LogP contribution in [0.2, 0.25) is 5.02 Å². The minimum absolute atomic E-state index is 0.0382. The third-order valence-corrected chi connectivity index (χ3v) is 3.62. The van der Waals surface area contributed by atoms with Crippen LogP contribution in [0.15, 0.2) is 18.2 Å². The third kappa shape index (κ3) is 5.14. The van der Waals surface area contributed by atoms with Gasteiger partial charge in [0.15, 0.2) is 0 Å². The second-order valence-corrected chi connectivity index (χ2v) is 6.75. The van der Waals surface area contributed by atoms with Crippen LogP contribution in [0.1, 0.15) is 18.4 Å². The van der Waals surface area contributed by atoms with E-state index in [2.05, 4.69) is 0 Å². The fourth-order valence-electron chi connectivity index (χ4n) is 1.30.